The van der Waals surface area contributed by atoms with E-state index in [1.165, 1.54) is 7.11 Å². The van der Waals surface area contributed by atoms with Crippen LogP contribution < -0.4 is 0 Å². The van der Waals surface area contributed by atoms with Gasteiger partial charge in [0.1, 0.15) is 0 Å². The summed E-state index contributed by atoms with van der Waals surface area (Å²) in [4.78, 5) is 16.3. The first-order valence-electron chi connectivity index (χ1n) is 6.16. The molecule has 0 aromatic carbocycles. The molecule has 0 radical (unpaired) electrons. The third-order valence-electron chi connectivity index (χ3n) is 3.25. The Morgan fingerprint density at radius 1 is 1.31 bits per heavy atom. The van der Waals surface area contributed by atoms with E-state index < -0.39 is 0 Å². The molecule has 0 spiro atoms. The van der Waals surface area contributed by atoms with Gasteiger partial charge in [-0.1, -0.05) is 13.3 Å². The zero-order chi connectivity index (χ0) is 12.0. The van der Waals surface area contributed by atoms with E-state index >= 15 is 0 Å². The Balaban J connectivity index is 2.39. The van der Waals surface area contributed by atoms with Gasteiger partial charge in [0, 0.05) is 32.7 Å². The van der Waals surface area contributed by atoms with Gasteiger partial charge in [-0.05, 0) is 13.5 Å². The second kappa shape index (κ2) is 6.86. The number of ether oxygens (including phenoxy) is 1. The fourth-order valence-corrected chi connectivity index (χ4v) is 2.14. The third kappa shape index (κ3) is 4.10. The maximum Gasteiger partial charge on any atom is 0.309 e. The van der Waals surface area contributed by atoms with Gasteiger partial charge < -0.3 is 9.64 Å². The zero-order valence-corrected chi connectivity index (χ0v) is 10.7. The fourth-order valence-electron chi connectivity index (χ4n) is 2.14. The average molecular weight is 228 g/mol. The molecule has 1 saturated heterocycles. The molecule has 16 heavy (non-hydrogen) atoms. The number of hydrogen-bond acceptors (Lipinski definition) is 4. The number of carbonyl (C=O) groups is 1. The Kier molecular flexibility index (Phi) is 5.77. The molecular weight excluding hydrogens is 204 g/mol. The SMILES string of the molecule is CCCC(CN1CCN(C)CC1)C(=O)OC. The number of methoxy groups -OCH3 is 1. The normalized spacial score (nSPS) is 20.7. The first kappa shape index (κ1) is 13.5. The van der Waals surface area contributed by atoms with Gasteiger partial charge in [0.05, 0.1) is 13.0 Å². The molecular formula is C12H24N2O2. The third-order valence-corrected chi connectivity index (χ3v) is 3.25. The zero-order valence-electron chi connectivity index (χ0n) is 10.7. The highest BCUT2D eigenvalue weighted by Gasteiger charge is 2.23. The van der Waals surface area contributed by atoms with Crippen LogP contribution in [0.2, 0.25) is 0 Å². The number of esters is 1. The van der Waals surface area contributed by atoms with Crippen molar-refractivity contribution in [2.75, 3.05) is 46.9 Å². The molecule has 1 aliphatic heterocycles. The lowest BCUT2D eigenvalue weighted by Crippen LogP contribution is -2.47. The van der Waals surface area contributed by atoms with Crippen molar-refractivity contribution in [1.82, 2.24) is 9.80 Å². The minimum atomic E-state index is -0.0548. The predicted octanol–water partition coefficient (Wildman–Crippen LogP) is 0.823. The summed E-state index contributed by atoms with van der Waals surface area (Å²) in [6.45, 7) is 7.29. The fraction of sp³-hybridized carbons (Fsp3) is 0.917. The Morgan fingerprint density at radius 2 is 1.94 bits per heavy atom. The molecule has 1 atom stereocenters. The summed E-state index contributed by atoms with van der Waals surface area (Å²) in [5.41, 5.74) is 0. The van der Waals surface area contributed by atoms with Crippen LogP contribution in [-0.4, -0.2) is 62.7 Å². The minimum Gasteiger partial charge on any atom is -0.469 e. The maximum absolute atomic E-state index is 11.6. The van der Waals surface area contributed by atoms with Gasteiger partial charge in [0.15, 0.2) is 0 Å². The first-order valence-corrected chi connectivity index (χ1v) is 6.16. The number of rotatable bonds is 5. The lowest BCUT2D eigenvalue weighted by atomic mass is 10.0. The van der Waals surface area contributed by atoms with Crippen LogP contribution in [-0.2, 0) is 9.53 Å². The molecule has 4 nitrogen and oxygen atoms in total. The summed E-state index contributed by atoms with van der Waals surface area (Å²) in [5.74, 6) is -0.000755. The highest BCUT2D eigenvalue weighted by atomic mass is 16.5. The van der Waals surface area contributed by atoms with Crippen LogP contribution in [0.25, 0.3) is 0 Å². The lowest BCUT2D eigenvalue weighted by Gasteiger charge is -2.34. The van der Waals surface area contributed by atoms with E-state index in [1.54, 1.807) is 0 Å². The molecule has 0 N–H and O–H groups in total. The monoisotopic (exact) mass is 228 g/mol. The molecule has 1 rings (SSSR count). The summed E-state index contributed by atoms with van der Waals surface area (Å²) < 4.78 is 4.85. The molecule has 0 saturated carbocycles. The summed E-state index contributed by atoms with van der Waals surface area (Å²) >= 11 is 0. The van der Waals surface area contributed by atoms with Crippen LogP contribution in [0.1, 0.15) is 19.8 Å². The Bertz CT molecular complexity index is 213. The average Bonchev–Trinajstić information content (AvgIpc) is 2.30. The Labute approximate surface area is 98.5 Å². The molecule has 0 aliphatic carbocycles. The van der Waals surface area contributed by atoms with Crippen LogP contribution in [0.3, 0.4) is 0 Å². The van der Waals surface area contributed by atoms with Gasteiger partial charge in [-0.3, -0.25) is 9.69 Å². The quantitative estimate of drug-likeness (QED) is 0.652. The standard InChI is InChI=1S/C12H24N2O2/c1-4-5-11(12(15)16-3)10-14-8-6-13(2)7-9-14/h11H,4-10H2,1-3H3. The van der Waals surface area contributed by atoms with Crippen LogP contribution in [0.15, 0.2) is 0 Å². The van der Waals surface area contributed by atoms with E-state index in [0.717, 1.165) is 45.6 Å². The molecule has 1 fully saturated rings. The molecule has 0 aromatic rings. The van der Waals surface area contributed by atoms with Crippen LogP contribution in [0, 0.1) is 5.92 Å². The molecule has 1 unspecified atom stereocenters. The van der Waals surface area contributed by atoms with Crippen molar-refractivity contribution in [3.63, 3.8) is 0 Å². The molecule has 0 amide bonds. The van der Waals surface area contributed by atoms with Gasteiger partial charge in [0.2, 0.25) is 0 Å². The van der Waals surface area contributed by atoms with E-state index in [2.05, 4.69) is 23.8 Å². The summed E-state index contributed by atoms with van der Waals surface area (Å²) in [7, 11) is 3.62. The minimum absolute atomic E-state index is 0.0541. The van der Waals surface area contributed by atoms with Crippen molar-refractivity contribution in [2.45, 2.75) is 19.8 Å². The number of carbonyl (C=O) groups excluding carboxylic acids is 1. The summed E-state index contributed by atoms with van der Waals surface area (Å²) in [6.07, 6.45) is 1.96. The van der Waals surface area contributed by atoms with Crippen LogP contribution in [0.5, 0.6) is 0 Å². The van der Waals surface area contributed by atoms with Gasteiger partial charge in [-0.25, -0.2) is 0 Å². The predicted molar refractivity (Wildman–Crippen MR) is 64.4 cm³/mol. The highest BCUT2D eigenvalue weighted by Crippen LogP contribution is 2.12. The number of piperazine rings is 1. The van der Waals surface area contributed by atoms with Crippen molar-refractivity contribution < 1.29 is 9.53 Å². The molecule has 1 heterocycles. The number of likely N-dealkylation sites (N-methyl/N-ethyl adjacent to an activating group) is 1. The van der Waals surface area contributed by atoms with E-state index in [-0.39, 0.29) is 11.9 Å². The van der Waals surface area contributed by atoms with Crippen molar-refractivity contribution in [1.29, 1.82) is 0 Å². The number of hydrogen-bond donors (Lipinski definition) is 0. The Hall–Kier alpha value is -0.610. The molecule has 4 heteroatoms. The van der Waals surface area contributed by atoms with Crippen molar-refractivity contribution in [3.8, 4) is 0 Å². The summed E-state index contributed by atoms with van der Waals surface area (Å²) in [6, 6.07) is 0. The van der Waals surface area contributed by atoms with Gasteiger partial charge in [-0.15, -0.1) is 0 Å². The second-order valence-electron chi connectivity index (χ2n) is 4.61. The first-order chi connectivity index (χ1) is 7.67. The van der Waals surface area contributed by atoms with E-state index in [4.69, 9.17) is 4.74 Å². The smallest absolute Gasteiger partial charge is 0.309 e. The van der Waals surface area contributed by atoms with Crippen molar-refractivity contribution in [2.24, 2.45) is 5.92 Å². The van der Waals surface area contributed by atoms with Gasteiger partial charge in [-0.2, -0.15) is 0 Å². The molecule has 0 aromatic heterocycles. The van der Waals surface area contributed by atoms with Crippen LogP contribution >= 0.6 is 0 Å². The maximum atomic E-state index is 11.6. The van der Waals surface area contributed by atoms with Crippen molar-refractivity contribution in [3.05, 3.63) is 0 Å². The molecule has 94 valence electrons. The second-order valence-corrected chi connectivity index (χ2v) is 4.61. The Morgan fingerprint density at radius 3 is 2.44 bits per heavy atom. The molecule has 0 bridgehead atoms. The van der Waals surface area contributed by atoms with E-state index in [1.807, 2.05) is 0 Å². The largest absolute Gasteiger partial charge is 0.469 e. The van der Waals surface area contributed by atoms with Gasteiger partial charge >= 0.3 is 5.97 Å². The number of nitrogens with zero attached hydrogens (tertiary/aromatic N) is 2. The topological polar surface area (TPSA) is 32.8 Å². The van der Waals surface area contributed by atoms with E-state index in [9.17, 15) is 4.79 Å². The molecule has 1 aliphatic rings. The summed E-state index contributed by atoms with van der Waals surface area (Å²) in [5, 5.41) is 0. The van der Waals surface area contributed by atoms with Crippen molar-refractivity contribution >= 4 is 5.97 Å². The highest BCUT2D eigenvalue weighted by molar-refractivity contribution is 5.72. The van der Waals surface area contributed by atoms with E-state index in [0.29, 0.717) is 0 Å². The van der Waals surface area contributed by atoms with Crippen LogP contribution in [0.4, 0.5) is 0 Å². The lowest BCUT2D eigenvalue weighted by molar-refractivity contribution is -0.146. The van der Waals surface area contributed by atoms with Gasteiger partial charge in [0.25, 0.3) is 0 Å².